The Morgan fingerprint density at radius 3 is 2.50 bits per heavy atom. The van der Waals surface area contributed by atoms with E-state index in [1.165, 1.54) is 30.6 Å². The maximum atomic E-state index is 14.6. The number of para-hydroxylation sites is 1. The Morgan fingerprint density at radius 2 is 1.85 bits per heavy atom. The molecule has 1 atom stereocenters. The van der Waals surface area contributed by atoms with Crippen molar-refractivity contribution in [3.05, 3.63) is 78.6 Å². The third-order valence-corrected chi connectivity index (χ3v) is 5.57. The molecule has 9 heteroatoms. The highest BCUT2D eigenvalue weighted by atomic mass is 19.4. The SMILES string of the molecule is C=CCn1cc(C(O)(c2ccc3c(cnn3C(=O)NC(C)(C)C)c2)C(F)(F)F)c2ccccc21. The predicted molar refractivity (Wildman–Crippen MR) is 125 cm³/mol. The van der Waals surface area contributed by atoms with Crippen molar-refractivity contribution in [1.82, 2.24) is 19.7 Å². The van der Waals surface area contributed by atoms with Crippen molar-refractivity contribution in [3.8, 4) is 0 Å². The van der Waals surface area contributed by atoms with Gasteiger partial charge < -0.3 is 15.0 Å². The van der Waals surface area contributed by atoms with Gasteiger partial charge in [0.1, 0.15) is 0 Å². The van der Waals surface area contributed by atoms with E-state index in [1.54, 1.807) is 55.7 Å². The van der Waals surface area contributed by atoms with E-state index in [0.29, 0.717) is 16.4 Å². The number of hydrogen-bond acceptors (Lipinski definition) is 3. The quantitative estimate of drug-likeness (QED) is 0.396. The number of amides is 1. The number of rotatable bonds is 4. The van der Waals surface area contributed by atoms with Crippen LogP contribution in [0.25, 0.3) is 21.8 Å². The van der Waals surface area contributed by atoms with Crippen LogP contribution in [0.5, 0.6) is 0 Å². The predicted octanol–water partition coefficient (Wildman–Crippen LogP) is 5.33. The number of fused-ring (bicyclic) bond motifs is 2. The summed E-state index contributed by atoms with van der Waals surface area (Å²) in [6, 6.07) is 9.85. The highest BCUT2D eigenvalue weighted by Crippen LogP contribution is 2.47. The summed E-state index contributed by atoms with van der Waals surface area (Å²) in [6.07, 6.45) is -0.835. The van der Waals surface area contributed by atoms with E-state index in [1.807, 2.05) is 0 Å². The third-order valence-electron chi connectivity index (χ3n) is 5.57. The van der Waals surface area contributed by atoms with Crippen LogP contribution < -0.4 is 5.32 Å². The molecule has 4 aromatic rings. The fourth-order valence-corrected chi connectivity index (χ4v) is 4.09. The number of halogens is 3. The van der Waals surface area contributed by atoms with Gasteiger partial charge in [-0.2, -0.15) is 23.0 Å². The van der Waals surface area contributed by atoms with Crippen LogP contribution in [0.2, 0.25) is 0 Å². The number of aromatic nitrogens is 3. The van der Waals surface area contributed by atoms with Crippen LogP contribution in [0.15, 0.2) is 67.5 Å². The van der Waals surface area contributed by atoms with Crippen molar-refractivity contribution >= 4 is 27.8 Å². The van der Waals surface area contributed by atoms with E-state index in [9.17, 15) is 23.1 Å². The van der Waals surface area contributed by atoms with Gasteiger partial charge >= 0.3 is 12.2 Å². The highest BCUT2D eigenvalue weighted by Gasteiger charge is 2.57. The molecule has 0 saturated carbocycles. The van der Waals surface area contributed by atoms with Gasteiger partial charge in [0.15, 0.2) is 0 Å². The lowest BCUT2D eigenvalue weighted by Gasteiger charge is -2.31. The molecule has 2 aromatic carbocycles. The Bertz CT molecular complexity index is 1390. The number of carbonyl (C=O) groups excluding carboxylic acids is 1. The summed E-state index contributed by atoms with van der Waals surface area (Å²) in [6.45, 7) is 9.37. The maximum absolute atomic E-state index is 14.6. The zero-order valence-corrected chi connectivity index (χ0v) is 19.0. The Kier molecular flexibility index (Phi) is 5.56. The molecule has 0 bridgehead atoms. The van der Waals surface area contributed by atoms with Gasteiger partial charge in [0, 0.05) is 40.1 Å². The second-order valence-electron chi connectivity index (χ2n) is 9.22. The molecule has 0 aliphatic heterocycles. The van der Waals surface area contributed by atoms with Crippen LogP contribution in [0.4, 0.5) is 18.0 Å². The standard InChI is InChI=1S/C25H25F3N4O2/c1-5-12-31-15-19(18-8-6-7-9-21(18)31)24(34,25(26,27)28)17-10-11-20-16(13-17)14-29-32(20)22(33)30-23(2,3)4/h5-11,13-15,34H,1,12H2,2-4H3,(H,30,33). The van der Waals surface area contributed by atoms with E-state index in [4.69, 9.17) is 0 Å². The number of carbonyl (C=O) groups is 1. The molecule has 4 rings (SSSR count). The summed E-state index contributed by atoms with van der Waals surface area (Å²) in [5.41, 5.74) is -3.59. The molecule has 6 nitrogen and oxygen atoms in total. The molecule has 2 N–H and O–H groups in total. The van der Waals surface area contributed by atoms with Crippen molar-refractivity contribution < 1.29 is 23.1 Å². The first kappa shape index (κ1) is 23.6. The fraction of sp³-hybridized carbons (Fsp3) is 0.280. The summed E-state index contributed by atoms with van der Waals surface area (Å²) in [5.74, 6) is 0. The van der Waals surface area contributed by atoms with Crippen LogP contribution in [0, 0.1) is 0 Å². The van der Waals surface area contributed by atoms with E-state index in [2.05, 4.69) is 17.0 Å². The Labute approximate surface area is 194 Å². The number of allylic oxidation sites excluding steroid dienone is 1. The van der Waals surface area contributed by atoms with Gasteiger partial charge in [-0.1, -0.05) is 30.3 Å². The van der Waals surface area contributed by atoms with E-state index in [-0.39, 0.29) is 23.1 Å². The lowest BCUT2D eigenvalue weighted by Crippen LogP contribution is -2.43. The maximum Gasteiger partial charge on any atom is 0.425 e. The second-order valence-corrected chi connectivity index (χ2v) is 9.22. The van der Waals surface area contributed by atoms with Crippen LogP contribution in [0.1, 0.15) is 31.9 Å². The van der Waals surface area contributed by atoms with Crippen LogP contribution >= 0.6 is 0 Å². The van der Waals surface area contributed by atoms with E-state index >= 15 is 0 Å². The average molecular weight is 470 g/mol. The van der Waals surface area contributed by atoms with Crippen molar-refractivity contribution in [3.63, 3.8) is 0 Å². The zero-order chi connectivity index (χ0) is 24.9. The van der Waals surface area contributed by atoms with Crippen LogP contribution in [-0.4, -0.2) is 37.2 Å². The van der Waals surface area contributed by atoms with Gasteiger partial charge in [-0.05, 0) is 44.5 Å². The van der Waals surface area contributed by atoms with Crippen molar-refractivity contribution in [2.45, 2.75) is 44.6 Å². The van der Waals surface area contributed by atoms with Gasteiger partial charge in [-0.25, -0.2) is 4.79 Å². The molecule has 0 fully saturated rings. The highest BCUT2D eigenvalue weighted by molar-refractivity contribution is 5.91. The van der Waals surface area contributed by atoms with Crippen LogP contribution in [0.3, 0.4) is 0 Å². The second kappa shape index (κ2) is 8.02. The topological polar surface area (TPSA) is 72.1 Å². The molecule has 0 saturated heterocycles. The number of benzene rings is 2. The van der Waals surface area contributed by atoms with Crippen LogP contribution in [-0.2, 0) is 12.1 Å². The Balaban J connectivity index is 1.90. The van der Waals surface area contributed by atoms with Gasteiger partial charge in [-0.15, -0.1) is 6.58 Å². The summed E-state index contributed by atoms with van der Waals surface area (Å²) >= 11 is 0. The summed E-state index contributed by atoms with van der Waals surface area (Å²) in [5, 5.41) is 18.7. The molecule has 0 aliphatic rings. The molecule has 34 heavy (non-hydrogen) atoms. The van der Waals surface area contributed by atoms with E-state index in [0.717, 1.165) is 4.68 Å². The monoisotopic (exact) mass is 470 g/mol. The smallest absolute Gasteiger partial charge is 0.372 e. The molecule has 0 aliphatic carbocycles. The number of nitrogens with zero attached hydrogens (tertiary/aromatic N) is 3. The number of aliphatic hydroxyl groups is 1. The number of nitrogens with one attached hydrogen (secondary N) is 1. The minimum Gasteiger partial charge on any atom is -0.372 e. The molecule has 0 radical (unpaired) electrons. The molecule has 0 spiro atoms. The van der Waals surface area contributed by atoms with Gasteiger partial charge in [0.05, 0.1) is 11.7 Å². The van der Waals surface area contributed by atoms with Crippen molar-refractivity contribution in [2.24, 2.45) is 0 Å². The molecule has 1 amide bonds. The lowest BCUT2D eigenvalue weighted by molar-refractivity contribution is -0.247. The first-order valence-electron chi connectivity index (χ1n) is 10.7. The first-order chi connectivity index (χ1) is 15.9. The normalized spacial score (nSPS) is 14.3. The summed E-state index contributed by atoms with van der Waals surface area (Å²) in [7, 11) is 0. The van der Waals surface area contributed by atoms with Gasteiger partial charge in [-0.3, -0.25) is 0 Å². The molecule has 178 valence electrons. The van der Waals surface area contributed by atoms with Gasteiger partial charge in [0.25, 0.3) is 0 Å². The molecule has 1 unspecified atom stereocenters. The minimum absolute atomic E-state index is 0.281. The summed E-state index contributed by atoms with van der Waals surface area (Å²) in [4.78, 5) is 12.6. The minimum atomic E-state index is -5.02. The molecular weight excluding hydrogens is 445 g/mol. The van der Waals surface area contributed by atoms with Crippen molar-refractivity contribution in [1.29, 1.82) is 0 Å². The van der Waals surface area contributed by atoms with Gasteiger partial charge in [0.2, 0.25) is 5.60 Å². The molecule has 2 aromatic heterocycles. The number of alkyl halides is 3. The first-order valence-corrected chi connectivity index (χ1v) is 10.7. The molecule has 2 heterocycles. The Morgan fingerprint density at radius 1 is 1.15 bits per heavy atom. The number of hydrogen-bond donors (Lipinski definition) is 2. The Hall–Kier alpha value is -3.59. The van der Waals surface area contributed by atoms with Crippen molar-refractivity contribution in [2.75, 3.05) is 0 Å². The molecular formula is C25H25F3N4O2. The average Bonchev–Trinajstić information content (AvgIpc) is 3.33. The third kappa shape index (κ3) is 3.86. The zero-order valence-electron chi connectivity index (χ0n) is 19.0. The van der Waals surface area contributed by atoms with E-state index < -0.39 is 23.3 Å². The summed E-state index contributed by atoms with van der Waals surface area (Å²) < 4.78 is 46.4. The fourth-order valence-electron chi connectivity index (χ4n) is 4.09. The largest absolute Gasteiger partial charge is 0.425 e. The lowest BCUT2D eigenvalue weighted by atomic mass is 9.85.